The molecule has 2 aromatic rings. The molecule has 0 bridgehead atoms. The summed E-state index contributed by atoms with van der Waals surface area (Å²) in [6.45, 7) is 3.88. The Morgan fingerprint density at radius 1 is 1.33 bits per heavy atom. The van der Waals surface area contributed by atoms with E-state index in [-0.39, 0.29) is 35.6 Å². The number of benzene rings is 1. The average molecular weight is 456 g/mol. The van der Waals surface area contributed by atoms with Gasteiger partial charge in [0, 0.05) is 13.1 Å². The number of esters is 1. The third kappa shape index (κ3) is 4.85. The lowest BCUT2D eigenvalue weighted by Crippen LogP contribution is -2.43. The van der Waals surface area contributed by atoms with E-state index in [1.54, 1.807) is 13.8 Å². The molecule has 2 heterocycles. The number of carbonyl (C=O) groups is 2. The number of ether oxygens (including phenoxy) is 1. The third-order valence-corrected chi connectivity index (χ3v) is 7.63. The molecule has 3 rings (SSSR count). The van der Waals surface area contributed by atoms with Gasteiger partial charge < -0.3 is 10.1 Å². The number of rotatable bonds is 6. The van der Waals surface area contributed by atoms with Gasteiger partial charge in [-0.25, -0.2) is 22.6 Å². The second-order valence-electron chi connectivity index (χ2n) is 6.80. The van der Waals surface area contributed by atoms with Crippen LogP contribution in [0.4, 0.5) is 9.52 Å². The van der Waals surface area contributed by atoms with E-state index in [0.29, 0.717) is 23.4 Å². The van der Waals surface area contributed by atoms with Crippen LogP contribution >= 0.6 is 11.3 Å². The fourth-order valence-corrected chi connectivity index (χ4v) is 5.56. The molecule has 1 aliphatic heterocycles. The van der Waals surface area contributed by atoms with Gasteiger partial charge in [-0.2, -0.15) is 4.31 Å². The van der Waals surface area contributed by atoms with Gasteiger partial charge in [0.25, 0.3) is 0 Å². The number of piperidine rings is 1. The summed E-state index contributed by atoms with van der Waals surface area (Å²) < 4.78 is 45.0. The quantitative estimate of drug-likeness (QED) is 0.672. The summed E-state index contributed by atoms with van der Waals surface area (Å²) in [6, 6.07) is 4.60. The van der Waals surface area contributed by atoms with Gasteiger partial charge in [0.1, 0.15) is 10.7 Å². The van der Waals surface area contributed by atoms with Crippen molar-refractivity contribution >= 4 is 38.4 Å². The van der Waals surface area contributed by atoms with Crippen molar-refractivity contribution in [3.63, 3.8) is 0 Å². The fraction of sp³-hybridized carbons (Fsp3) is 0.421. The van der Waals surface area contributed by atoms with Crippen LogP contribution in [0.1, 0.15) is 35.1 Å². The maximum Gasteiger partial charge on any atom is 0.350 e. The van der Waals surface area contributed by atoms with Gasteiger partial charge in [-0.05, 0) is 51.0 Å². The van der Waals surface area contributed by atoms with Crippen LogP contribution in [0.15, 0.2) is 29.2 Å². The minimum Gasteiger partial charge on any atom is -0.462 e. The minimum atomic E-state index is -3.83. The normalized spacial score (nSPS) is 17.5. The molecule has 30 heavy (non-hydrogen) atoms. The predicted molar refractivity (Wildman–Crippen MR) is 109 cm³/mol. The van der Waals surface area contributed by atoms with E-state index >= 15 is 0 Å². The number of aromatic nitrogens is 1. The third-order valence-electron chi connectivity index (χ3n) is 4.69. The van der Waals surface area contributed by atoms with Crippen LogP contribution in [0, 0.1) is 18.7 Å². The highest BCUT2D eigenvalue weighted by atomic mass is 32.2. The van der Waals surface area contributed by atoms with Crippen LogP contribution in [-0.2, 0) is 19.6 Å². The monoisotopic (exact) mass is 455 g/mol. The van der Waals surface area contributed by atoms with Gasteiger partial charge in [0.2, 0.25) is 15.9 Å². The Bertz CT molecular complexity index is 1040. The molecule has 0 aliphatic carbocycles. The zero-order valence-corrected chi connectivity index (χ0v) is 18.2. The number of halogens is 1. The number of carbonyl (C=O) groups excluding carboxylic acids is 2. The molecule has 8 nitrogen and oxygen atoms in total. The summed E-state index contributed by atoms with van der Waals surface area (Å²) in [5.74, 6) is -1.95. The van der Waals surface area contributed by atoms with Gasteiger partial charge in [0.05, 0.1) is 23.1 Å². The Labute approximate surface area is 178 Å². The van der Waals surface area contributed by atoms with Crippen molar-refractivity contribution in [2.24, 2.45) is 5.92 Å². The standard InChI is InChI=1S/C19H22FN3O5S2/c1-3-28-18(25)16-12(2)21-19(29-16)22-17(24)13-5-4-10-23(11-13)30(26,27)15-8-6-14(20)7-9-15/h6-9,13H,3-5,10-11H2,1-2H3,(H,21,22,24). The van der Waals surface area contributed by atoms with E-state index in [1.165, 1.54) is 16.4 Å². The van der Waals surface area contributed by atoms with Crippen molar-refractivity contribution in [1.29, 1.82) is 0 Å². The molecule has 1 aliphatic rings. The van der Waals surface area contributed by atoms with Gasteiger partial charge in [0.15, 0.2) is 5.13 Å². The lowest BCUT2D eigenvalue weighted by Gasteiger charge is -2.31. The molecule has 1 atom stereocenters. The summed E-state index contributed by atoms with van der Waals surface area (Å²) >= 11 is 1.02. The average Bonchev–Trinajstić information content (AvgIpc) is 3.08. The Morgan fingerprint density at radius 2 is 2.03 bits per heavy atom. The van der Waals surface area contributed by atoms with Crippen molar-refractivity contribution in [2.75, 3.05) is 25.0 Å². The fourth-order valence-electron chi connectivity index (χ4n) is 3.17. The van der Waals surface area contributed by atoms with Crippen LogP contribution in [-0.4, -0.2) is 49.3 Å². The van der Waals surface area contributed by atoms with Crippen LogP contribution in [0.25, 0.3) is 0 Å². The van der Waals surface area contributed by atoms with E-state index in [4.69, 9.17) is 4.74 Å². The molecule has 1 amide bonds. The van der Waals surface area contributed by atoms with Crippen molar-refractivity contribution in [2.45, 2.75) is 31.6 Å². The summed E-state index contributed by atoms with van der Waals surface area (Å²) in [5.41, 5.74) is 0.456. The smallest absolute Gasteiger partial charge is 0.350 e. The van der Waals surface area contributed by atoms with Crippen molar-refractivity contribution in [3.05, 3.63) is 40.7 Å². The molecule has 162 valence electrons. The van der Waals surface area contributed by atoms with Gasteiger partial charge in [-0.15, -0.1) is 0 Å². The van der Waals surface area contributed by atoms with Crippen LogP contribution < -0.4 is 5.32 Å². The van der Waals surface area contributed by atoms with Crippen LogP contribution in [0.3, 0.4) is 0 Å². The minimum absolute atomic E-state index is 0.0143. The summed E-state index contributed by atoms with van der Waals surface area (Å²) in [4.78, 5) is 29.1. The van der Waals surface area contributed by atoms with E-state index in [1.807, 2.05) is 0 Å². The Balaban J connectivity index is 1.69. The molecule has 1 saturated heterocycles. The van der Waals surface area contributed by atoms with Gasteiger partial charge >= 0.3 is 5.97 Å². The molecule has 1 aromatic carbocycles. The van der Waals surface area contributed by atoms with Crippen LogP contribution in [0.2, 0.25) is 0 Å². The molecule has 1 N–H and O–H groups in total. The molecule has 1 unspecified atom stereocenters. The molecule has 1 aromatic heterocycles. The Hall–Kier alpha value is -2.37. The first-order valence-corrected chi connectivity index (χ1v) is 11.7. The van der Waals surface area contributed by atoms with Crippen LogP contribution in [0.5, 0.6) is 0 Å². The molecule has 0 spiro atoms. The molecular weight excluding hydrogens is 433 g/mol. The summed E-state index contributed by atoms with van der Waals surface area (Å²) in [7, 11) is -3.83. The lowest BCUT2D eigenvalue weighted by atomic mass is 9.99. The number of aryl methyl sites for hydroxylation is 1. The number of sulfonamides is 1. The summed E-state index contributed by atoms with van der Waals surface area (Å²) in [5, 5.41) is 2.94. The number of anilines is 1. The second-order valence-corrected chi connectivity index (χ2v) is 9.74. The number of amides is 1. The van der Waals surface area contributed by atoms with E-state index in [2.05, 4.69) is 10.3 Å². The molecular formula is C19H22FN3O5S2. The number of hydrogen-bond acceptors (Lipinski definition) is 7. The SMILES string of the molecule is CCOC(=O)c1sc(NC(=O)C2CCCN(S(=O)(=O)c3ccc(F)cc3)C2)nc1C. The first-order chi connectivity index (χ1) is 14.2. The molecule has 1 fully saturated rings. The Kier molecular flexibility index (Phi) is 6.84. The number of thiazole rings is 1. The van der Waals surface area contributed by atoms with Crippen molar-refractivity contribution in [3.8, 4) is 0 Å². The van der Waals surface area contributed by atoms with E-state index in [0.717, 1.165) is 23.5 Å². The van der Waals surface area contributed by atoms with E-state index < -0.39 is 27.7 Å². The zero-order valence-electron chi connectivity index (χ0n) is 16.6. The van der Waals surface area contributed by atoms with Crippen molar-refractivity contribution < 1.29 is 27.1 Å². The highest BCUT2D eigenvalue weighted by Crippen LogP contribution is 2.27. The van der Waals surface area contributed by atoms with Gasteiger partial charge in [-0.3, -0.25) is 4.79 Å². The van der Waals surface area contributed by atoms with E-state index in [9.17, 15) is 22.4 Å². The first kappa shape index (κ1) is 22.3. The van der Waals surface area contributed by atoms with Crippen molar-refractivity contribution in [1.82, 2.24) is 9.29 Å². The highest BCUT2D eigenvalue weighted by Gasteiger charge is 2.33. The number of nitrogens with zero attached hydrogens (tertiary/aromatic N) is 2. The molecule has 0 saturated carbocycles. The summed E-state index contributed by atoms with van der Waals surface area (Å²) in [6.07, 6.45) is 1.04. The largest absolute Gasteiger partial charge is 0.462 e. The maximum atomic E-state index is 13.1. The highest BCUT2D eigenvalue weighted by molar-refractivity contribution is 7.89. The molecule has 0 radical (unpaired) electrons. The predicted octanol–water partition coefficient (Wildman–Crippen LogP) is 2.81. The number of hydrogen-bond donors (Lipinski definition) is 1. The first-order valence-electron chi connectivity index (χ1n) is 9.43. The second kappa shape index (κ2) is 9.19. The topological polar surface area (TPSA) is 106 Å². The zero-order chi connectivity index (χ0) is 21.9. The molecule has 11 heteroatoms. The van der Waals surface area contributed by atoms with Gasteiger partial charge in [-0.1, -0.05) is 11.3 Å². The lowest BCUT2D eigenvalue weighted by molar-refractivity contribution is -0.120. The maximum absolute atomic E-state index is 13.1. The Morgan fingerprint density at radius 3 is 2.70 bits per heavy atom. The number of nitrogens with one attached hydrogen (secondary N) is 1.